The summed E-state index contributed by atoms with van der Waals surface area (Å²) in [5.74, 6) is -1.58. The van der Waals surface area contributed by atoms with Crippen molar-refractivity contribution in [3.63, 3.8) is 0 Å². The Balaban J connectivity index is 4.24. The molecule has 0 saturated heterocycles. The highest BCUT2D eigenvalue weighted by Crippen LogP contribution is 2.19. The van der Waals surface area contributed by atoms with Crippen molar-refractivity contribution in [3.8, 4) is 0 Å². The largest absolute Gasteiger partial charge is 0.480 e. The number of carboxylic acid groups (broad SMARTS) is 1. The molecule has 0 unspecified atom stereocenters. The number of hydrogen-bond acceptors (Lipinski definition) is 3. The van der Waals surface area contributed by atoms with E-state index in [2.05, 4.69) is 4.99 Å². The summed E-state index contributed by atoms with van der Waals surface area (Å²) in [6.07, 6.45) is -3.52. The molecule has 0 aliphatic heterocycles. The van der Waals surface area contributed by atoms with Crippen LogP contribution in [0.4, 0.5) is 8.78 Å². The van der Waals surface area contributed by atoms with E-state index in [0.717, 1.165) is 0 Å². The average Bonchev–Trinajstić information content (AvgIpc) is 2.10. The smallest absolute Gasteiger partial charge is 0.323 e. The molecule has 6 nitrogen and oxygen atoms in total. The van der Waals surface area contributed by atoms with Crippen LogP contribution in [0.2, 0.25) is 0 Å². The first-order chi connectivity index (χ1) is 7.28. The van der Waals surface area contributed by atoms with Crippen molar-refractivity contribution >= 4 is 11.9 Å². The molecule has 0 aromatic carbocycles. The number of guanidine groups is 1. The lowest BCUT2D eigenvalue weighted by molar-refractivity contribution is -0.145. The fourth-order valence-electron chi connectivity index (χ4n) is 1.17. The van der Waals surface area contributed by atoms with Crippen LogP contribution in [0.1, 0.15) is 19.3 Å². The third-order valence-corrected chi connectivity index (χ3v) is 2.02. The van der Waals surface area contributed by atoms with E-state index in [1.165, 1.54) is 0 Å². The fourth-order valence-corrected chi connectivity index (χ4v) is 1.17. The maximum Gasteiger partial charge on any atom is 0.323 e. The number of alkyl halides is 2. The number of nitrogens with two attached hydrogens (primary N) is 3. The number of carbonyl (C=O) groups is 1. The van der Waals surface area contributed by atoms with Crippen LogP contribution < -0.4 is 17.2 Å². The lowest BCUT2D eigenvalue weighted by Crippen LogP contribution is -2.49. The standard InChI is InChI=1S/C8H16F2N4O2/c9-5(10)4-8(13,6(15)16)2-1-3-14-7(11)12/h5H,1-4,13H2,(H,15,16)(H4,11,12,14)/t8-/m1/s1. The number of aliphatic carboxylic acids is 1. The zero-order chi connectivity index (χ0) is 12.8. The molecule has 0 amide bonds. The molecule has 1 atom stereocenters. The van der Waals surface area contributed by atoms with Gasteiger partial charge >= 0.3 is 5.97 Å². The van der Waals surface area contributed by atoms with Crippen LogP contribution in [0.5, 0.6) is 0 Å². The van der Waals surface area contributed by atoms with Crippen LogP contribution >= 0.6 is 0 Å². The summed E-state index contributed by atoms with van der Waals surface area (Å²) in [5, 5.41) is 8.75. The van der Waals surface area contributed by atoms with Gasteiger partial charge in [-0.05, 0) is 12.8 Å². The van der Waals surface area contributed by atoms with Crippen molar-refractivity contribution in [2.24, 2.45) is 22.2 Å². The van der Waals surface area contributed by atoms with Crippen LogP contribution in [-0.4, -0.2) is 35.5 Å². The summed E-state index contributed by atoms with van der Waals surface area (Å²) in [6.45, 7) is 0.164. The molecule has 7 N–H and O–H groups in total. The number of aliphatic imine (C=N–C) groups is 1. The van der Waals surface area contributed by atoms with Gasteiger partial charge in [-0.2, -0.15) is 0 Å². The maximum atomic E-state index is 12.1. The molecule has 0 bridgehead atoms. The number of carboxylic acids is 1. The molecular formula is C8H16F2N4O2. The molecule has 0 rings (SSSR count). The third kappa shape index (κ3) is 5.44. The number of nitrogens with zero attached hydrogens (tertiary/aromatic N) is 1. The molecular weight excluding hydrogens is 222 g/mol. The second kappa shape index (κ2) is 6.21. The number of halogens is 2. The normalized spacial score (nSPS) is 14.5. The minimum atomic E-state index is -2.76. The van der Waals surface area contributed by atoms with Gasteiger partial charge in [0.05, 0.1) is 0 Å². The highest BCUT2D eigenvalue weighted by molar-refractivity contribution is 5.78. The third-order valence-electron chi connectivity index (χ3n) is 2.02. The Morgan fingerprint density at radius 2 is 2.00 bits per heavy atom. The van der Waals surface area contributed by atoms with E-state index in [1.807, 2.05) is 0 Å². The molecule has 94 valence electrons. The topological polar surface area (TPSA) is 128 Å². The van der Waals surface area contributed by atoms with Gasteiger partial charge in [-0.15, -0.1) is 0 Å². The zero-order valence-electron chi connectivity index (χ0n) is 8.70. The van der Waals surface area contributed by atoms with E-state index in [-0.39, 0.29) is 25.3 Å². The Morgan fingerprint density at radius 1 is 1.44 bits per heavy atom. The first-order valence-corrected chi connectivity index (χ1v) is 4.64. The minimum absolute atomic E-state index is 0.108. The van der Waals surface area contributed by atoms with Gasteiger partial charge in [0.2, 0.25) is 6.43 Å². The molecule has 0 aliphatic rings. The Kier molecular flexibility index (Phi) is 5.65. The van der Waals surface area contributed by atoms with E-state index in [4.69, 9.17) is 22.3 Å². The van der Waals surface area contributed by atoms with Gasteiger partial charge in [-0.25, -0.2) is 8.78 Å². The molecule has 0 radical (unpaired) electrons. The Bertz CT molecular complexity index is 269. The molecule has 0 aromatic heterocycles. The summed E-state index contributed by atoms with van der Waals surface area (Å²) in [5.41, 5.74) is 13.5. The lowest BCUT2D eigenvalue weighted by atomic mass is 9.91. The lowest BCUT2D eigenvalue weighted by Gasteiger charge is -2.23. The summed E-state index contributed by atoms with van der Waals surface area (Å²) in [7, 11) is 0. The summed E-state index contributed by atoms with van der Waals surface area (Å²) in [6, 6.07) is 0. The summed E-state index contributed by atoms with van der Waals surface area (Å²) < 4.78 is 24.2. The first kappa shape index (κ1) is 14.6. The number of hydrogen-bond donors (Lipinski definition) is 4. The molecule has 0 aliphatic carbocycles. The van der Waals surface area contributed by atoms with Crippen LogP contribution in [-0.2, 0) is 4.79 Å². The van der Waals surface area contributed by atoms with Crippen molar-refractivity contribution < 1.29 is 18.7 Å². The molecule has 0 spiro atoms. The van der Waals surface area contributed by atoms with Crippen molar-refractivity contribution in [2.45, 2.75) is 31.2 Å². The van der Waals surface area contributed by atoms with Crippen molar-refractivity contribution in [1.82, 2.24) is 0 Å². The SMILES string of the molecule is NC(N)=NCCC[C@@](N)(CC(F)F)C(=O)O. The molecule has 0 heterocycles. The molecule has 0 fully saturated rings. The minimum Gasteiger partial charge on any atom is -0.480 e. The van der Waals surface area contributed by atoms with Gasteiger partial charge < -0.3 is 22.3 Å². The van der Waals surface area contributed by atoms with E-state index >= 15 is 0 Å². The van der Waals surface area contributed by atoms with Crippen LogP contribution in [0, 0.1) is 0 Å². The Hall–Kier alpha value is -1.44. The van der Waals surface area contributed by atoms with Crippen LogP contribution in [0.3, 0.4) is 0 Å². The van der Waals surface area contributed by atoms with Gasteiger partial charge in [0, 0.05) is 13.0 Å². The molecule has 8 heteroatoms. The molecule has 16 heavy (non-hydrogen) atoms. The van der Waals surface area contributed by atoms with Crippen molar-refractivity contribution in [3.05, 3.63) is 0 Å². The fraction of sp³-hybridized carbons (Fsp3) is 0.750. The van der Waals surface area contributed by atoms with Crippen LogP contribution in [0.25, 0.3) is 0 Å². The predicted octanol–water partition coefficient (Wildman–Crippen LogP) is -0.523. The Labute approximate surface area is 91.5 Å². The Morgan fingerprint density at radius 3 is 2.38 bits per heavy atom. The van der Waals surface area contributed by atoms with Gasteiger partial charge in [0.25, 0.3) is 0 Å². The summed E-state index contributed by atoms with van der Waals surface area (Å²) >= 11 is 0. The van der Waals surface area contributed by atoms with Crippen molar-refractivity contribution in [2.75, 3.05) is 6.54 Å². The predicted molar refractivity (Wildman–Crippen MR) is 55.1 cm³/mol. The monoisotopic (exact) mass is 238 g/mol. The van der Waals surface area contributed by atoms with Gasteiger partial charge in [-0.3, -0.25) is 9.79 Å². The van der Waals surface area contributed by atoms with E-state index < -0.39 is 24.4 Å². The highest BCUT2D eigenvalue weighted by Gasteiger charge is 2.36. The first-order valence-electron chi connectivity index (χ1n) is 4.64. The average molecular weight is 238 g/mol. The quantitative estimate of drug-likeness (QED) is 0.269. The second-order valence-electron chi connectivity index (χ2n) is 3.47. The molecule has 0 aromatic rings. The van der Waals surface area contributed by atoms with Crippen LogP contribution in [0.15, 0.2) is 4.99 Å². The number of rotatable bonds is 7. The van der Waals surface area contributed by atoms with E-state index in [1.54, 1.807) is 0 Å². The van der Waals surface area contributed by atoms with Gasteiger partial charge in [0.1, 0.15) is 5.54 Å². The maximum absolute atomic E-state index is 12.1. The van der Waals surface area contributed by atoms with Gasteiger partial charge in [-0.1, -0.05) is 0 Å². The van der Waals surface area contributed by atoms with E-state index in [0.29, 0.717) is 0 Å². The van der Waals surface area contributed by atoms with Gasteiger partial charge in [0.15, 0.2) is 5.96 Å². The zero-order valence-corrected chi connectivity index (χ0v) is 8.70. The second-order valence-corrected chi connectivity index (χ2v) is 3.47. The molecule has 0 saturated carbocycles. The van der Waals surface area contributed by atoms with Crippen molar-refractivity contribution in [1.29, 1.82) is 0 Å². The van der Waals surface area contributed by atoms with E-state index in [9.17, 15) is 13.6 Å². The highest BCUT2D eigenvalue weighted by atomic mass is 19.3. The summed E-state index contributed by atoms with van der Waals surface area (Å²) in [4.78, 5) is 14.3.